The zero-order valence-corrected chi connectivity index (χ0v) is 19.3. The summed E-state index contributed by atoms with van der Waals surface area (Å²) in [5, 5.41) is 12.7. The molecule has 1 aliphatic heterocycles. The summed E-state index contributed by atoms with van der Waals surface area (Å²) in [5.41, 5.74) is 3.71. The van der Waals surface area contributed by atoms with Crippen LogP contribution in [0.1, 0.15) is 31.9 Å². The molecule has 5 rings (SSSR count). The van der Waals surface area contributed by atoms with Gasteiger partial charge in [-0.25, -0.2) is 0 Å². The van der Waals surface area contributed by atoms with E-state index >= 15 is 0 Å². The van der Waals surface area contributed by atoms with Gasteiger partial charge in [-0.1, -0.05) is 12.1 Å². The first kappa shape index (κ1) is 21.3. The molecule has 33 heavy (non-hydrogen) atoms. The van der Waals surface area contributed by atoms with Crippen molar-refractivity contribution in [3.05, 3.63) is 48.3 Å². The lowest BCUT2D eigenvalue weighted by Crippen LogP contribution is -2.35. The summed E-state index contributed by atoms with van der Waals surface area (Å²) < 4.78 is 4.41. The van der Waals surface area contributed by atoms with E-state index in [4.69, 9.17) is 0 Å². The van der Waals surface area contributed by atoms with Crippen LogP contribution in [0.3, 0.4) is 0 Å². The van der Waals surface area contributed by atoms with Crippen LogP contribution in [0.5, 0.6) is 0 Å². The molecule has 0 unspecified atom stereocenters. The number of carbonyl (C=O) groups excluding carboxylic acids is 2. The average Bonchev–Trinajstić information content (AvgIpc) is 3.48. The van der Waals surface area contributed by atoms with Crippen molar-refractivity contribution in [3.63, 3.8) is 0 Å². The van der Waals surface area contributed by atoms with E-state index in [2.05, 4.69) is 20.7 Å². The Morgan fingerprint density at radius 2 is 2.12 bits per heavy atom. The Morgan fingerprint density at radius 1 is 1.30 bits per heavy atom. The van der Waals surface area contributed by atoms with Crippen molar-refractivity contribution in [1.82, 2.24) is 9.36 Å². The van der Waals surface area contributed by atoms with Crippen LogP contribution in [0.2, 0.25) is 0 Å². The summed E-state index contributed by atoms with van der Waals surface area (Å²) >= 11 is 1.39. The van der Waals surface area contributed by atoms with Crippen molar-refractivity contribution >= 4 is 34.7 Å². The molecule has 2 fully saturated rings. The smallest absolute Gasteiger partial charge is 0.247 e. The van der Waals surface area contributed by atoms with Gasteiger partial charge in [0.1, 0.15) is 5.41 Å². The number of hydrogen-bond donors (Lipinski definition) is 1. The summed E-state index contributed by atoms with van der Waals surface area (Å²) in [4.78, 5) is 32.5. The predicted octanol–water partition coefficient (Wildman–Crippen LogP) is 4.80. The van der Waals surface area contributed by atoms with Crippen LogP contribution in [-0.2, 0) is 9.59 Å². The molecule has 1 aromatic carbocycles. The van der Waals surface area contributed by atoms with Gasteiger partial charge in [0.05, 0.1) is 28.0 Å². The highest BCUT2D eigenvalue weighted by Crippen LogP contribution is 2.52. The molecule has 166 valence electrons. The molecule has 0 bridgehead atoms. The Kier molecular flexibility index (Phi) is 5.22. The molecule has 0 radical (unpaired) electrons. The lowest BCUT2D eigenvalue weighted by molar-refractivity contribution is -0.123. The Morgan fingerprint density at radius 3 is 2.79 bits per heavy atom. The number of hydrogen-bond acceptors (Lipinski definition) is 6. The Bertz CT molecular complexity index is 1310. The van der Waals surface area contributed by atoms with Gasteiger partial charge in [0.2, 0.25) is 11.8 Å². The van der Waals surface area contributed by atoms with Crippen LogP contribution >= 0.6 is 11.5 Å². The Labute approximate surface area is 196 Å². The minimum Gasteiger partial charge on any atom is -0.326 e. The number of nitriles is 1. The second-order valence-electron chi connectivity index (χ2n) is 8.71. The summed E-state index contributed by atoms with van der Waals surface area (Å²) in [5.74, 6) is -0.121. The summed E-state index contributed by atoms with van der Waals surface area (Å²) in [7, 11) is 0. The number of pyridine rings is 1. The highest BCUT2D eigenvalue weighted by Gasteiger charge is 2.56. The van der Waals surface area contributed by atoms with Crippen molar-refractivity contribution in [1.29, 1.82) is 5.26 Å². The molecule has 3 heterocycles. The molecule has 2 aliphatic rings. The lowest BCUT2D eigenvalue weighted by Gasteiger charge is -2.22. The first-order valence-corrected chi connectivity index (χ1v) is 11.7. The van der Waals surface area contributed by atoms with Gasteiger partial charge in [-0.2, -0.15) is 9.64 Å². The van der Waals surface area contributed by atoms with Gasteiger partial charge >= 0.3 is 0 Å². The third-order valence-corrected chi connectivity index (χ3v) is 7.32. The first-order chi connectivity index (χ1) is 15.9. The highest BCUT2D eigenvalue weighted by molar-refractivity contribution is 7.09. The minimum atomic E-state index is -0.900. The SMILES string of the molecule is CC(=O)Nc1cccc(-c2cc(C)ns2)c1-c1cc(N2CC[C@@](C#N)(C3CC3)C2=O)ccn1. The van der Waals surface area contributed by atoms with E-state index in [-0.39, 0.29) is 17.7 Å². The van der Waals surface area contributed by atoms with E-state index in [0.29, 0.717) is 30.0 Å². The van der Waals surface area contributed by atoms with Gasteiger partial charge in [0.25, 0.3) is 0 Å². The second-order valence-corrected chi connectivity index (χ2v) is 9.51. The van der Waals surface area contributed by atoms with Crippen molar-refractivity contribution in [2.45, 2.75) is 33.1 Å². The number of benzene rings is 1. The minimum absolute atomic E-state index is 0.113. The maximum Gasteiger partial charge on any atom is 0.247 e. The molecule has 0 spiro atoms. The van der Waals surface area contributed by atoms with E-state index in [0.717, 1.165) is 34.5 Å². The van der Waals surface area contributed by atoms with Crippen molar-refractivity contribution in [3.8, 4) is 27.8 Å². The third-order valence-electron chi connectivity index (χ3n) is 6.41. The molecule has 2 aromatic heterocycles. The third kappa shape index (κ3) is 3.68. The van der Waals surface area contributed by atoms with E-state index in [1.807, 2.05) is 37.3 Å². The van der Waals surface area contributed by atoms with Crippen LogP contribution in [0, 0.1) is 29.6 Å². The zero-order valence-electron chi connectivity index (χ0n) is 18.5. The number of rotatable bonds is 5. The molecular weight excluding hydrogens is 434 g/mol. The van der Waals surface area contributed by atoms with Gasteiger partial charge in [-0.3, -0.25) is 14.6 Å². The highest BCUT2D eigenvalue weighted by atomic mass is 32.1. The number of anilines is 2. The van der Waals surface area contributed by atoms with Gasteiger partial charge in [0, 0.05) is 36.5 Å². The number of amides is 2. The molecular formula is C25H23N5O2S. The fraction of sp³-hybridized carbons (Fsp3) is 0.320. The summed E-state index contributed by atoms with van der Waals surface area (Å²) in [6.07, 6.45) is 4.11. The lowest BCUT2D eigenvalue weighted by atomic mass is 9.83. The fourth-order valence-electron chi connectivity index (χ4n) is 4.68. The normalized spacial score (nSPS) is 20.0. The second kappa shape index (κ2) is 8.09. The van der Waals surface area contributed by atoms with Crippen molar-refractivity contribution in [2.24, 2.45) is 11.3 Å². The monoisotopic (exact) mass is 457 g/mol. The van der Waals surface area contributed by atoms with Crippen LogP contribution in [0.15, 0.2) is 42.6 Å². The van der Waals surface area contributed by atoms with Crippen LogP contribution in [0.25, 0.3) is 21.7 Å². The molecule has 8 heteroatoms. The van der Waals surface area contributed by atoms with Gasteiger partial charge < -0.3 is 10.2 Å². The molecule has 1 saturated heterocycles. The van der Waals surface area contributed by atoms with E-state index in [1.165, 1.54) is 18.5 Å². The van der Waals surface area contributed by atoms with Crippen molar-refractivity contribution < 1.29 is 9.59 Å². The van der Waals surface area contributed by atoms with Crippen LogP contribution in [-0.4, -0.2) is 27.7 Å². The maximum absolute atomic E-state index is 13.3. The number of nitrogens with one attached hydrogen (secondary N) is 1. The van der Waals surface area contributed by atoms with Gasteiger partial charge in [-0.15, -0.1) is 0 Å². The zero-order chi connectivity index (χ0) is 23.2. The Balaban J connectivity index is 1.60. The molecule has 1 saturated carbocycles. The van der Waals surface area contributed by atoms with Crippen LogP contribution in [0.4, 0.5) is 11.4 Å². The number of aryl methyl sites for hydroxylation is 1. The Hall–Kier alpha value is -3.57. The molecule has 1 atom stereocenters. The van der Waals surface area contributed by atoms with Gasteiger partial charge in [0.15, 0.2) is 0 Å². The average molecular weight is 458 g/mol. The van der Waals surface area contributed by atoms with E-state index in [1.54, 1.807) is 17.2 Å². The number of nitrogens with zero attached hydrogens (tertiary/aromatic N) is 4. The molecule has 1 N–H and O–H groups in total. The number of carbonyl (C=O) groups is 2. The molecule has 2 amide bonds. The quantitative estimate of drug-likeness (QED) is 0.594. The van der Waals surface area contributed by atoms with Gasteiger partial charge in [-0.05, 0) is 67.9 Å². The number of aromatic nitrogens is 2. The van der Waals surface area contributed by atoms with Crippen LogP contribution < -0.4 is 10.2 Å². The standard InChI is InChI=1S/C25H23N5O2S/c1-15-12-22(33-29-15)19-4-3-5-20(28-16(2)31)23(19)21-13-18(8-10-27-21)30-11-9-25(14-26,24(30)32)17-6-7-17/h3-5,8,10,12-13,17H,6-7,9,11H2,1-2H3,(H,28,31)/t25-/m1/s1. The van der Waals surface area contributed by atoms with Crippen molar-refractivity contribution in [2.75, 3.05) is 16.8 Å². The summed E-state index contributed by atoms with van der Waals surface area (Å²) in [6, 6.07) is 13.7. The molecule has 1 aliphatic carbocycles. The van der Waals surface area contributed by atoms with E-state index < -0.39 is 5.41 Å². The first-order valence-electron chi connectivity index (χ1n) is 11.0. The van der Waals surface area contributed by atoms with E-state index in [9.17, 15) is 14.9 Å². The topological polar surface area (TPSA) is 99.0 Å². The predicted molar refractivity (Wildman–Crippen MR) is 128 cm³/mol. The molecule has 3 aromatic rings. The maximum atomic E-state index is 13.3. The summed E-state index contributed by atoms with van der Waals surface area (Å²) in [6.45, 7) is 3.93. The molecule has 7 nitrogen and oxygen atoms in total. The largest absolute Gasteiger partial charge is 0.326 e. The fourth-order valence-corrected chi connectivity index (χ4v) is 5.46.